The normalized spacial score (nSPS) is 16.0. The van der Waals surface area contributed by atoms with Crippen LogP contribution >= 0.6 is 0 Å². The van der Waals surface area contributed by atoms with Gasteiger partial charge in [0.25, 0.3) is 0 Å². The lowest BCUT2D eigenvalue weighted by molar-refractivity contribution is 0.0696. The molecule has 2 N–H and O–H groups in total. The third kappa shape index (κ3) is 5.91. The van der Waals surface area contributed by atoms with Crippen LogP contribution in [0.3, 0.4) is 0 Å². The van der Waals surface area contributed by atoms with Crippen LogP contribution in [0.2, 0.25) is 0 Å². The minimum Gasteiger partial charge on any atom is -0.478 e. The molecule has 1 fully saturated rings. The van der Waals surface area contributed by atoms with E-state index in [1.807, 2.05) is 0 Å². The summed E-state index contributed by atoms with van der Waals surface area (Å²) in [7, 11) is -7.28. The van der Waals surface area contributed by atoms with Crippen molar-refractivity contribution in [1.82, 2.24) is 9.03 Å². The Morgan fingerprint density at radius 1 is 0.839 bits per heavy atom. The first-order valence-corrected chi connectivity index (χ1v) is 13.0. The largest absolute Gasteiger partial charge is 0.478 e. The lowest BCUT2D eigenvalue weighted by Gasteiger charge is -2.20. The van der Waals surface area contributed by atoms with Crippen molar-refractivity contribution >= 4 is 26.0 Å². The van der Waals surface area contributed by atoms with E-state index in [1.54, 1.807) is 28.6 Å². The molecule has 3 rings (SSSR count). The van der Waals surface area contributed by atoms with E-state index in [0.29, 0.717) is 19.5 Å². The maximum absolute atomic E-state index is 12.8. The van der Waals surface area contributed by atoms with Crippen molar-refractivity contribution in [3.05, 3.63) is 59.7 Å². The van der Waals surface area contributed by atoms with E-state index in [4.69, 9.17) is 5.11 Å². The number of aromatic carboxylic acids is 1. The number of hydrogen-bond donors (Lipinski definition) is 2. The van der Waals surface area contributed by atoms with Gasteiger partial charge < -0.3 is 5.11 Å². The summed E-state index contributed by atoms with van der Waals surface area (Å²) in [5, 5.41) is 8.90. The predicted octanol–water partition coefficient (Wildman–Crippen LogP) is 2.47. The van der Waals surface area contributed by atoms with E-state index in [1.165, 1.54) is 24.3 Å². The summed E-state index contributed by atoms with van der Waals surface area (Å²) >= 11 is 0. The maximum Gasteiger partial charge on any atom is 0.335 e. The predicted molar refractivity (Wildman–Crippen MR) is 116 cm³/mol. The molecule has 31 heavy (non-hydrogen) atoms. The highest BCUT2D eigenvalue weighted by molar-refractivity contribution is 7.89. The monoisotopic (exact) mass is 466 g/mol. The molecule has 0 aromatic heterocycles. The zero-order valence-corrected chi connectivity index (χ0v) is 18.7. The Kier molecular flexibility index (Phi) is 7.47. The van der Waals surface area contributed by atoms with Gasteiger partial charge in [-0.1, -0.05) is 25.0 Å². The molecule has 0 amide bonds. The molecule has 2 aromatic carbocycles. The van der Waals surface area contributed by atoms with Crippen LogP contribution in [-0.2, 0) is 26.5 Å². The smallest absolute Gasteiger partial charge is 0.335 e. The molecule has 8 nitrogen and oxygen atoms in total. The van der Waals surface area contributed by atoms with Gasteiger partial charge in [0.05, 0.1) is 15.4 Å². The van der Waals surface area contributed by atoms with Crippen LogP contribution in [0.4, 0.5) is 0 Å². The highest BCUT2D eigenvalue weighted by Gasteiger charge is 2.25. The second-order valence-electron chi connectivity index (χ2n) is 7.44. The number of nitrogens with one attached hydrogen (secondary N) is 1. The molecule has 2 aromatic rings. The van der Waals surface area contributed by atoms with Crippen LogP contribution in [0.5, 0.6) is 0 Å². The third-order valence-corrected chi connectivity index (χ3v) is 8.63. The molecule has 168 valence electrons. The average molecular weight is 467 g/mol. The van der Waals surface area contributed by atoms with Gasteiger partial charge in [0.1, 0.15) is 0 Å². The van der Waals surface area contributed by atoms with Crippen molar-refractivity contribution in [2.75, 3.05) is 19.6 Å². The Bertz CT molecular complexity index is 1100. The fourth-order valence-corrected chi connectivity index (χ4v) is 6.00. The number of rotatable bonds is 8. The Morgan fingerprint density at radius 2 is 1.39 bits per heavy atom. The van der Waals surface area contributed by atoms with Crippen molar-refractivity contribution in [2.45, 2.75) is 41.9 Å². The summed E-state index contributed by atoms with van der Waals surface area (Å²) in [5.41, 5.74) is 0.813. The molecule has 1 aliphatic heterocycles. The van der Waals surface area contributed by atoms with Crippen LogP contribution in [-0.4, -0.2) is 51.9 Å². The SMILES string of the molecule is O=C(O)c1ccc(S(=O)(=O)NCCc2ccc(S(=O)(=O)N3CCCCCC3)cc2)cc1. The van der Waals surface area contributed by atoms with E-state index >= 15 is 0 Å². The number of carbonyl (C=O) groups is 1. The Balaban J connectivity index is 1.59. The number of carboxylic acid groups (broad SMARTS) is 1. The minimum absolute atomic E-state index is 0.00849. The highest BCUT2D eigenvalue weighted by Crippen LogP contribution is 2.21. The van der Waals surface area contributed by atoms with E-state index in [2.05, 4.69) is 4.72 Å². The summed E-state index contributed by atoms with van der Waals surface area (Å²) in [6.45, 7) is 1.21. The number of nitrogens with zero attached hydrogens (tertiary/aromatic N) is 1. The van der Waals surface area contributed by atoms with Crippen LogP contribution < -0.4 is 4.72 Å². The molecular weight excluding hydrogens is 440 g/mol. The quantitative estimate of drug-likeness (QED) is 0.617. The van der Waals surface area contributed by atoms with Crippen molar-refractivity contribution < 1.29 is 26.7 Å². The van der Waals surface area contributed by atoms with Gasteiger partial charge in [-0.15, -0.1) is 0 Å². The van der Waals surface area contributed by atoms with Gasteiger partial charge in [-0.3, -0.25) is 0 Å². The summed E-state index contributed by atoms with van der Waals surface area (Å²) in [6, 6.07) is 11.5. The molecule has 0 aliphatic carbocycles. The van der Waals surface area contributed by atoms with Crippen LogP contribution in [0.15, 0.2) is 58.3 Å². The van der Waals surface area contributed by atoms with Crippen molar-refractivity contribution in [2.24, 2.45) is 0 Å². The molecule has 0 saturated carbocycles. The number of benzene rings is 2. The molecule has 0 spiro atoms. The van der Waals surface area contributed by atoms with Crippen LogP contribution in [0.25, 0.3) is 0 Å². The van der Waals surface area contributed by atoms with Gasteiger partial charge in [0, 0.05) is 19.6 Å². The number of hydrogen-bond acceptors (Lipinski definition) is 5. The first-order chi connectivity index (χ1) is 14.7. The summed E-state index contributed by atoms with van der Waals surface area (Å²) in [4.78, 5) is 11.1. The van der Waals surface area contributed by atoms with Crippen molar-refractivity contribution in [3.63, 3.8) is 0 Å². The molecule has 1 saturated heterocycles. The molecule has 0 radical (unpaired) electrons. The van der Waals surface area contributed by atoms with Crippen LogP contribution in [0.1, 0.15) is 41.6 Å². The lowest BCUT2D eigenvalue weighted by atomic mass is 10.2. The number of carboxylic acids is 1. The standard InChI is InChI=1S/C21H26N2O6S2/c24-21(25)18-7-11-19(12-8-18)30(26,27)22-14-13-17-5-9-20(10-6-17)31(28,29)23-15-3-1-2-4-16-23/h5-12,22H,1-4,13-16H2,(H,24,25). The van der Waals surface area contributed by atoms with Crippen molar-refractivity contribution in [1.29, 1.82) is 0 Å². The Hall–Kier alpha value is -2.27. The highest BCUT2D eigenvalue weighted by atomic mass is 32.2. The van der Waals surface area contributed by atoms with Gasteiger partial charge in [-0.05, 0) is 61.2 Å². The lowest BCUT2D eigenvalue weighted by Crippen LogP contribution is -2.31. The molecule has 1 aliphatic rings. The summed E-state index contributed by atoms with van der Waals surface area (Å²) < 4.78 is 54.3. The van der Waals surface area contributed by atoms with Crippen molar-refractivity contribution in [3.8, 4) is 0 Å². The summed E-state index contributed by atoms with van der Waals surface area (Å²) in [5.74, 6) is -1.13. The fourth-order valence-electron chi connectivity index (χ4n) is 3.45. The molecule has 0 bridgehead atoms. The zero-order chi connectivity index (χ0) is 22.5. The first kappa shape index (κ1) is 23.4. The molecule has 0 unspecified atom stereocenters. The maximum atomic E-state index is 12.8. The van der Waals surface area contributed by atoms with Gasteiger partial charge in [-0.2, -0.15) is 4.31 Å². The third-order valence-electron chi connectivity index (χ3n) is 5.24. The second-order valence-corrected chi connectivity index (χ2v) is 11.1. The minimum atomic E-state index is -3.77. The molecule has 10 heteroatoms. The first-order valence-electron chi connectivity index (χ1n) is 10.1. The van der Waals surface area contributed by atoms with E-state index in [-0.39, 0.29) is 21.9 Å². The van der Waals surface area contributed by atoms with Gasteiger partial charge in [0.2, 0.25) is 20.0 Å². The van der Waals surface area contributed by atoms with Gasteiger partial charge in [-0.25, -0.2) is 26.4 Å². The topological polar surface area (TPSA) is 121 Å². The second kappa shape index (κ2) is 9.90. The van der Waals surface area contributed by atoms with Gasteiger partial charge in [0.15, 0.2) is 0 Å². The van der Waals surface area contributed by atoms with E-state index in [0.717, 1.165) is 31.2 Å². The molecule has 0 atom stereocenters. The zero-order valence-electron chi connectivity index (χ0n) is 17.0. The van der Waals surface area contributed by atoms with Crippen LogP contribution in [0, 0.1) is 0 Å². The van der Waals surface area contributed by atoms with E-state index in [9.17, 15) is 21.6 Å². The van der Waals surface area contributed by atoms with Gasteiger partial charge >= 0.3 is 5.97 Å². The molecule has 1 heterocycles. The number of sulfonamides is 2. The average Bonchev–Trinajstić information content (AvgIpc) is 3.04. The Morgan fingerprint density at radius 3 is 1.94 bits per heavy atom. The van der Waals surface area contributed by atoms with E-state index < -0.39 is 26.0 Å². The summed E-state index contributed by atoms with van der Waals surface area (Å²) in [6.07, 6.45) is 4.22. The molecular formula is C21H26N2O6S2. The fraction of sp³-hybridized carbons (Fsp3) is 0.381. The Labute approximate surface area is 183 Å².